The van der Waals surface area contributed by atoms with Crippen molar-refractivity contribution in [2.75, 3.05) is 69.8 Å². The maximum absolute atomic E-state index is 13.7. The average molecular weight is 1160 g/mol. The van der Waals surface area contributed by atoms with Crippen LogP contribution in [-0.2, 0) is 63.9 Å². The topological polar surface area (TPSA) is 557 Å². The van der Waals surface area contributed by atoms with Crippen LogP contribution in [0.25, 0.3) is 22.3 Å². The van der Waals surface area contributed by atoms with Crippen LogP contribution in [0.5, 0.6) is 0 Å². The van der Waals surface area contributed by atoms with E-state index in [1.807, 2.05) is 0 Å². The lowest BCUT2D eigenvalue weighted by atomic mass is 10.1. The second kappa shape index (κ2) is 20.4. The van der Waals surface area contributed by atoms with Gasteiger partial charge >= 0.3 is 36.9 Å². The van der Waals surface area contributed by atoms with E-state index in [4.69, 9.17) is 54.2 Å². The maximum Gasteiger partial charge on any atom is 0.490 e. The molecule has 16 atom stereocenters. The number of hydrogen-bond donors (Lipinski definition) is 13. The number of ether oxygens (including phenoxy) is 4. The molecule has 3 fully saturated rings. The number of aromatic nitrogens is 10. The Kier molecular flexibility index (Phi) is 15.0. The Morgan fingerprint density at radius 3 is 1.82 bits per heavy atom. The van der Waals surface area contributed by atoms with E-state index in [0.29, 0.717) is 0 Å². The quantitative estimate of drug-likeness (QED) is 0.0275. The number of aliphatic hydroxyl groups excluding tert-OH is 4. The molecule has 16 N–H and O–H groups in total. The molecule has 5 aromatic heterocycles. The minimum absolute atomic E-state index is 0.00794. The third-order valence-corrected chi connectivity index (χ3v) is 17.3. The predicted molar refractivity (Wildman–Crippen MR) is 248 cm³/mol. The van der Waals surface area contributed by atoms with Gasteiger partial charge in [-0.05, 0) is 0 Å². The van der Waals surface area contributed by atoms with Gasteiger partial charge in [-0.15, -0.1) is 0 Å². The third-order valence-electron chi connectivity index (χ3n) is 12.1. The summed E-state index contributed by atoms with van der Waals surface area (Å²) in [6.45, 7) is -3.43. The first kappa shape index (κ1) is 55.9. The molecule has 43 heteroatoms. The summed E-state index contributed by atoms with van der Waals surface area (Å²) in [6.07, 6.45) is -16.9. The number of quaternary nitrogens is 1. The van der Waals surface area contributed by atoms with Gasteiger partial charge in [0.15, 0.2) is 48.0 Å². The highest BCUT2D eigenvalue weighted by Crippen LogP contribution is 2.68. The van der Waals surface area contributed by atoms with E-state index in [-0.39, 0.29) is 62.7 Å². The molecule has 4 aliphatic heterocycles. The van der Waals surface area contributed by atoms with Gasteiger partial charge in [0.05, 0.1) is 46.6 Å². The van der Waals surface area contributed by atoms with E-state index < -0.39 is 136 Å². The van der Waals surface area contributed by atoms with Crippen LogP contribution >= 0.6 is 31.3 Å². The molecule has 0 spiro atoms. The van der Waals surface area contributed by atoms with Crippen LogP contribution in [0.15, 0.2) is 28.6 Å². The Balaban J connectivity index is 0.856. The molecule has 5 aromatic rings. The Morgan fingerprint density at radius 2 is 1.18 bits per heavy atom. The van der Waals surface area contributed by atoms with Crippen LogP contribution in [0, 0.1) is 0 Å². The minimum Gasteiger partial charge on any atom is -0.387 e. The molecule has 16 unspecified atom stereocenters. The molecule has 9 heterocycles. The molecule has 9 rings (SSSR count). The first-order valence-corrected chi connectivity index (χ1v) is 27.7. The number of aromatic amines is 2. The van der Waals surface area contributed by atoms with Crippen molar-refractivity contribution in [3.05, 3.63) is 39.7 Å². The number of nitrogens with zero attached hydrogens (tertiary/aromatic N) is 10. The number of rotatable bonds is 19. The number of nitrogens with two attached hydrogens (primary N) is 3. The van der Waals surface area contributed by atoms with Crippen LogP contribution in [0.1, 0.15) is 12.5 Å². The predicted octanol–water partition coefficient (Wildman–Crippen LogP) is -4.32. The molecular weight excluding hydrogens is 1110 g/mol. The van der Waals surface area contributed by atoms with Gasteiger partial charge in [0.25, 0.3) is 5.56 Å². The second-order valence-electron chi connectivity index (χ2n) is 17.6. The number of nitrogens with one attached hydrogen (secondary N) is 2. The summed E-state index contributed by atoms with van der Waals surface area (Å²) in [5.41, 5.74) is 15.8. The SMILES string of the molecule is COC1C(OP(=O)(O)OCC2OC(n3cnc4c(=O)[nH]c(N)nc43)C(O)C2O)C(COP(=O)(O)OP(=O)(O)OP(=O)(O)OCC2OC(N3C[N+](C)(C)c4c3nc(N)[nH]c4=O)C(O)C2O)OC1n1cnc2c(N)ncnc21. The molecule has 76 heavy (non-hydrogen) atoms. The van der Waals surface area contributed by atoms with Crippen molar-refractivity contribution in [1.82, 2.24) is 53.5 Å². The summed E-state index contributed by atoms with van der Waals surface area (Å²) in [6, 6.07) is 0. The molecule has 4 aliphatic rings. The van der Waals surface area contributed by atoms with E-state index in [0.717, 1.165) is 30.7 Å². The summed E-state index contributed by atoms with van der Waals surface area (Å²) in [5.74, 6) is -0.695. The van der Waals surface area contributed by atoms with Crippen LogP contribution < -0.4 is 37.7 Å². The minimum atomic E-state index is -6.20. The monoisotopic (exact) mass is 1160 g/mol. The smallest absolute Gasteiger partial charge is 0.387 e. The highest BCUT2D eigenvalue weighted by atomic mass is 31.3. The van der Waals surface area contributed by atoms with Crippen LogP contribution in [0.4, 0.5) is 29.2 Å². The molecular formula is C33H48N15O24P4+. The van der Waals surface area contributed by atoms with E-state index in [9.17, 15) is 67.8 Å². The van der Waals surface area contributed by atoms with Gasteiger partial charge in [0.1, 0.15) is 66.8 Å². The summed E-state index contributed by atoms with van der Waals surface area (Å²) in [7, 11) is -19.1. The van der Waals surface area contributed by atoms with Crippen molar-refractivity contribution in [2.45, 2.75) is 73.6 Å². The number of phosphoric acid groups is 4. The van der Waals surface area contributed by atoms with E-state index in [1.165, 1.54) is 9.47 Å². The van der Waals surface area contributed by atoms with Crippen molar-refractivity contribution in [3.8, 4) is 0 Å². The fourth-order valence-corrected chi connectivity index (χ4v) is 13.3. The number of aliphatic hydroxyl groups is 4. The Bertz CT molecular complexity index is 3350. The van der Waals surface area contributed by atoms with Crippen LogP contribution in [0.2, 0.25) is 0 Å². The Hall–Kier alpha value is -4.86. The van der Waals surface area contributed by atoms with Crippen molar-refractivity contribution in [2.24, 2.45) is 0 Å². The summed E-state index contributed by atoms with van der Waals surface area (Å²) in [5, 5.41) is 43.4. The number of nitrogen functional groups attached to an aromatic ring is 3. The van der Waals surface area contributed by atoms with Gasteiger partial charge in [0, 0.05) is 7.11 Å². The lowest BCUT2D eigenvalue weighted by Gasteiger charge is -2.28. The Morgan fingerprint density at radius 1 is 0.658 bits per heavy atom. The molecule has 3 saturated heterocycles. The van der Waals surface area contributed by atoms with E-state index >= 15 is 0 Å². The van der Waals surface area contributed by atoms with Crippen molar-refractivity contribution in [3.63, 3.8) is 0 Å². The summed E-state index contributed by atoms with van der Waals surface area (Å²) >= 11 is 0. The number of imidazole rings is 2. The number of phosphoric ester groups is 3. The number of fused-ring (bicyclic) bond motifs is 3. The number of hydrogen-bond acceptors (Lipinski definition) is 30. The highest BCUT2D eigenvalue weighted by Gasteiger charge is 2.55. The lowest BCUT2D eigenvalue weighted by Crippen LogP contribution is -2.51. The normalized spacial score (nSPS) is 31.6. The molecule has 0 radical (unpaired) electrons. The van der Waals surface area contributed by atoms with Gasteiger partial charge in [-0.1, -0.05) is 0 Å². The van der Waals surface area contributed by atoms with Crippen molar-refractivity contribution < 1.29 is 104 Å². The van der Waals surface area contributed by atoms with Crippen molar-refractivity contribution in [1.29, 1.82) is 0 Å². The molecule has 0 amide bonds. The van der Waals surface area contributed by atoms with Gasteiger partial charge in [-0.3, -0.25) is 56.2 Å². The van der Waals surface area contributed by atoms with Gasteiger partial charge < -0.3 is 76.1 Å². The maximum atomic E-state index is 13.7. The molecule has 0 aliphatic carbocycles. The van der Waals surface area contributed by atoms with E-state index in [2.05, 4.69) is 48.5 Å². The van der Waals surface area contributed by atoms with Crippen molar-refractivity contribution >= 4 is 82.8 Å². The Labute approximate surface area is 422 Å². The standard InChI is InChI=1S/C33H47N15O24P4/c1-48(2)10-47(26-16(48)28(54)44-33(36)42-26)30-20(52)18(50)12(68-30)5-65-74(57,58)71-76(61,62)72-75(59,60)66-6-13-21(22(63-3)31(69-13)45-8-39-14-23(34)37-7-38-24(14)45)70-73(55,56)64-4-11-17(49)19(51)29(67-11)46-9-40-15-25(46)41-32(35)43-27(15)53/h7-9,11-13,17-22,29-31,49-52H,4-6,10H2,1-3H3,(H11-,34,35,36,37,38,41,42,43,44,53,54,55,56,57,58,59,60,61,62)/p+1. The largest absolute Gasteiger partial charge is 0.490 e. The lowest BCUT2D eigenvalue weighted by molar-refractivity contribution is -0.0581. The zero-order valence-electron chi connectivity index (χ0n) is 39.1. The average Bonchev–Trinajstić information content (AvgIpc) is 4.17. The van der Waals surface area contributed by atoms with Crippen LogP contribution in [0.3, 0.4) is 0 Å². The first-order chi connectivity index (χ1) is 35.5. The molecule has 39 nitrogen and oxygen atoms in total. The zero-order valence-corrected chi connectivity index (χ0v) is 42.7. The second-order valence-corrected chi connectivity index (χ2v) is 23.7. The summed E-state index contributed by atoms with van der Waals surface area (Å²) in [4.78, 5) is 97.5. The van der Waals surface area contributed by atoms with Gasteiger partial charge in [0.2, 0.25) is 23.4 Å². The molecule has 0 saturated carbocycles. The zero-order chi connectivity index (χ0) is 55.2. The van der Waals surface area contributed by atoms with Crippen LogP contribution in [-0.4, -0.2) is 198 Å². The highest BCUT2D eigenvalue weighted by molar-refractivity contribution is 7.66. The fourth-order valence-electron chi connectivity index (χ4n) is 8.80. The number of anilines is 4. The van der Waals surface area contributed by atoms with E-state index in [1.54, 1.807) is 14.1 Å². The number of methoxy groups -OCH3 is 1. The molecule has 0 aromatic carbocycles. The number of H-pyrrole nitrogens is 2. The fraction of sp³-hybridized carbons (Fsp3) is 0.576. The first-order valence-electron chi connectivity index (χ1n) is 21.7. The third kappa shape index (κ3) is 11.0. The van der Waals surface area contributed by atoms with Gasteiger partial charge in [-0.25, -0.2) is 38.2 Å². The molecule has 0 bridgehead atoms. The van der Waals surface area contributed by atoms with Gasteiger partial charge in [-0.2, -0.15) is 18.6 Å². The summed E-state index contributed by atoms with van der Waals surface area (Å²) < 4.78 is 107. The molecule has 418 valence electrons.